The molecule has 2 rings (SSSR count). The van der Waals surface area contributed by atoms with Crippen LogP contribution in [0.5, 0.6) is 0 Å². The molecule has 0 aliphatic heterocycles. The van der Waals surface area contributed by atoms with Crippen LogP contribution >= 0.6 is 0 Å². The summed E-state index contributed by atoms with van der Waals surface area (Å²) < 4.78 is 17.3. The van der Waals surface area contributed by atoms with Gasteiger partial charge in [-0.2, -0.15) is 4.98 Å². The van der Waals surface area contributed by atoms with Gasteiger partial charge in [0.2, 0.25) is 12.2 Å². The summed E-state index contributed by atoms with van der Waals surface area (Å²) in [5.41, 5.74) is 1.58. The molecule has 2 aromatic rings. The fourth-order valence-electron chi connectivity index (χ4n) is 1.17. The summed E-state index contributed by atoms with van der Waals surface area (Å²) in [5.74, 6) is 0.224. The van der Waals surface area contributed by atoms with Crippen molar-refractivity contribution in [1.82, 2.24) is 10.1 Å². The number of hydrogen-bond acceptors (Lipinski definition) is 3. The summed E-state index contributed by atoms with van der Waals surface area (Å²) in [6.07, 6.45) is 1.25. The molecule has 13 heavy (non-hydrogen) atoms. The Morgan fingerprint density at radius 2 is 2.23 bits per heavy atom. The Kier molecular flexibility index (Phi) is 1.81. The number of rotatable bonds is 1. The van der Waals surface area contributed by atoms with Gasteiger partial charge in [-0.25, -0.2) is 4.39 Å². The van der Waals surface area contributed by atoms with E-state index in [1.54, 1.807) is 13.0 Å². The standard InChI is InChI=1S/C9H7FN2O/c1-6-4-7(10)2-3-8(6)9-11-5-13-12-9/h2-5H,1H3. The lowest BCUT2D eigenvalue weighted by molar-refractivity contribution is 0.418. The van der Waals surface area contributed by atoms with Crippen molar-refractivity contribution in [3.8, 4) is 11.4 Å². The van der Waals surface area contributed by atoms with Crippen LogP contribution in [0.3, 0.4) is 0 Å². The summed E-state index contributed by atoms with van der Waals surface area (Å²) >= 11 is 0. The number of benzene rings is 1. The molecule has 1 heterocycles. The van der Waals surface area contributed by atoms with Crippen LogP contribution in [0.25, 0.3) is 11.4 Å². The largest absolute Gasteiger partial charge is 0.342 e. The average molecular weight is 178 g/mol. The van der Waals surface area contributed by atoms with Gasteiger partial charge in [-0.3, -0.25) is 0 Å². The molecule has 0 fully saturated rings. The van der Waals surface area contributed by atoms with Crippen LogP contribution in [0, 0.1) is 12.7 Å². The Bertz CT molecular complexity index is 412. The average Bonchev–Trinajstić information content (AvgIpc) is 2.56. The molecule has 4 heteroatoms. The smallest absolute Gasteiger partial charge is 0.214 e. The summed E-state index contributed by atoms with van der Waals surface area (Å²) in [5, 5.41) is 3.67. The molecule has 1 aromatic carbocycles. The van der Waals surface area contributed by atoms with Gasteiger partial charge in [-0.05, 0) is 30.7 Å². The maximum absolute atomic E-state index is 12.7. The second-order valence-electron chi connectivity index (χ2n) is 2.71. The number of halogens is 1. The Morgan fingerprint density at radius 1 is 1.38 bits per heavy atom. The normalized spacial score (nSPS) is 10.3. The number of aromatic nitrogens is 2. The third-order valence-corrected chi connectivity index (χ3v) is 1.79. The molecule has 0 aliphatic rings. The molecular formula is C9H7FN2O. The minimum Gasteiger partial charge on any atom is -0.342 e. The molecule has 1 aromatic heterocycles. The van der Waals surface area contributed by atoms with Crippen LogP contribution < -0.4 is 0 Å². The van der Waals surface area contributed by atoms with Crippen LogP contribution in [0.1, 0.15) is 5.56 Å². The Hall–Kier alpha value is -1.71. The highest BCUT2D eigenvalue weighted by Crippen LogP contribution is 2.19. The van der Waals surface area contributed by atoms with E-state index < -0.39 is 0 Å². The maximum atomic E-state index is 12.7. The summed E-state index contributed by atoms with van der Waals surface area (Å²) in [7, 11) is 0. The van der Waals surface area contributed by atoms with E-state index in [4.69, 9.17) is 0 Å². The highest BCUT2D eigenvalue weighted by molar-refractivity contribution is 5.58. The van der Waals surface area contributed by atoms with E-state index in [9.17, 15) is 4.39 Å². The molecule has 0 unspecified atom stereocenters. The van der Waals surface area contributed by atoms with Crippen molar-refractivity contribution >= 4 is 0 Å². The van der Waals surface area contributed by atoms with E-state index in [0.29, 0.717) is 5.82 Å². The second-order valence-corrected chi connectivity index (χ2v) is 2.71. The van der Waals surface area contributed by atoms with Crippen molar-refractivity contribution in [3.63, 3.8) is 0 Å². The van der Waals surface area contributed by atoms with Crippen LogP contribution in [0.2, 0.25) is 0 Å². The van der Waals surface area contributed by atoms with Gasteiger partial charge in [0, 0.05) is 5.56 Å². The fourth-order valence-corrected chi connectivity index (χ4v) is 1.17. The van der Waals surface area contributed by atoms with Crippen molar-refractivity contribution in [2.75, 3.05) is 0 Å². The molecule has 0 saturated carbocycles. The summed E-state index contributed by atoms with van der Waals surface area (Å²) in [6, 6.07) is 4.44. The van der Waals surface area contributed by atoms with Crippen LogP contribution in [-0.4, -0.2) is 10.1 Å². The minimum absolute atomic E-state index is 0.259. The predicted molar refractivity (Wildman–Crippen MR) is 44.4 cm³/mol. The molecule has 0 N–H and O–H groups in total. The van der Waals surface area contributed by atoms with Crippen LogP contribution in [0.15, 0.2) is 29.1 Å². The molecule has 0 spiro atoms. The van der Waals surface area contributed by atoms with E-state index in [1.165, 1.54) is 18.5 Å². The van der Waals surface area contributed by atoms with Crippen molar-refractivity contribution < 1.29 is 8.91 Å². The van der Waals surface area contributed by atoms with E-state index in [-0.39, 0.29) is 5.82 Å². The molecule has 0 radical (unpaired) electrons. The number of nitrogens with zero attached hydrogens (tertiary/aromatic N) is 2. The molecule has 66 valence electrons. The van der Waals surface area contributed by atoms with Crippen molar-refractivity contribution in [2.24, 2.45) is 0 Å². The monoisotopic (exact) mass is 178 g/mol. The van der Waals surface area contributed by atoms with Gasteiger partial charge in [-0.1, -0.05) is 5.16 Å². The third kappa shape index (κ3) is 1.42. The van der Waals surface area contributed by atoms with Gasteiger partial charge >= 0.3 is 0 Å². The minimum atomic E-state index is -0.259. The first-order valence-electron chi connectivity index (χ1n) is 3.80. The Balaban J connectivity index is 2.53. The zero-order valence-electron chi connectivity index (χ0n) is 6.99. The highest BCUT2D eigenvalue weighted by Gasteiger charge is 2.06. The summed E-state index contributed by atoms with van der Waals surface area (Å²) in [4.78, 5) is 3.88. The first-order valence-corrected chi connectivity index (χ1v) is 3.80. The topological polar surface area (TPSA) is 38.9 Å². The van der Waals surface area contributed by atoms with Gasteiger partial charge < -0.3 is 4.52 Å². The van der Waals surface area contributed by atoms with E-state index in [2.05, 4.69) is 14.7 Å². The van der Waals surface area contributed by atoms with Gasteiger partial charge in [-0.15, -0.1) is 0 Å². The van der Waals surface area contributed by atoms with E-state index >= 15 is 0 Å². The quantitative estimate of drug-likeness (QED) is 0.671. The molecular weight excluding hydrogens is 171 g/mol. The van der Waals surface area contributed by atoms with Gasteiger partial charge in [0.25, 0.3) is 0 Å². The van der Waals surface area contributed by atoms with Gasteiger partial charge in [0.05, 0.1) is 0 Å². The van der Waals surface area contributed by atoms with Crippen LogP contribution in [-0.2, 0) is 0 Å². The number of hydrogen-bond donors (Lipinski definition) is 0. The Morgan fingerprint density at radius 3 is 2.85 bits per heavy atom. The first kappa shape index (κ1) is 7.91. The number of aryl methyl sites for hydroxylation is 1. The third-order valence-electron chi connectivity index (χ3n) is 1.79. The molecule has 0 atom stereocenters. The molecule has 0 bridgehead atoms. The molecule has 0 saturated heterocycles. The van der Waals surface area contributed by atoms with Crippen LogP contribution in [0.4, 0.5) is 4.39 Å². The SMILES string of the molecule is Cc1cc(F)ccc1-c1ncon1. The summed E-state index contributed by atoms with van der Waals surface area (Å²) in [6.45, 7) is 1.80. The lowest BCUT2D eigenvalue weighted by atomic mass is 10.1. The lowest BCUT2D eigenvalue weighted by Crippen LogP contribution is -1.86. The molecule has 0 amide bonds. The highest BCUT2D eigenvalue weighted by atomic mass is 19.1. The maximum Gasteiger partial charge on any atom is 0.214 e. The van der Waals surface area contributed by atoms with E-state index in [1.807, 2.05) is 0 Å². The fraction of sp³-hybridized carbons (Fsp3) is 0.111. The first-order chi connectivity index (χ1) is 6.27. The molecule has 3 nitrogen and oxygen atoms in total. The Labute approximate surface area is 74.2 Å². The zero-order chi connectivity index (χ0) is 9.26. The van der Waals surface area contributed by atoms with E-state index in [0.717, 1.165) is 11.1 Å². The second kappa shape index (κ2) is 2.97. The predicted octanol–water partition coefficient (Wildman–Crippen LogP) is 2.18. The van der Waals surface area contributed by atoms with Crippen molar-refractivity contribution in [1.29, 1.82) is 0 Å². The zero-order valence-corrected chi connectivity index (χ0v) is 6.99. The van der Waals surface area contributed by atoms with Crippen molar-refractivity contribution in [3.05, 3.63) is 36.0 Å². The van der Waals surface area contributed by atoms with Gasteiger partial charge in [0.1, 0.15) is 5.82 Å². The molecule has 0 aliphatic carbocycles. The van der Waals surface area contributed by atoms with Gasteiger partial charge in [0.15, 0.2) is 0 Å². The van der Waals surface area contributed by atoms with Crippen molar-refractivity contribution in [2.45, 2.75) is 6.92 Å². The lowest BCUT2D eigenvalue weighted by Gasteiger charge is -1.99.